The second-order valence-corrected chi connectivity index (χ2v) is 8.08. The molecular formula is C18H19IN6O4. The molecule has 29 heavy (non-hydrogen) atoms. The maximum Gasteiger partial charge on any atom is 0.254 e. The Kier molecular flexibility index (Phi) is 5.38. The van der Waals surface area contributed by atoms with Gasteiger partial charge in [-0.3, -0.25) is 9.36 Å². The van der Waals surface area contributed by atoms with Crippen LogP contribution in [0.25, 0.3) is 11.2 Å². The number of hydrogen-bond donors (Lipinski definition) is 3. The van der Waals surface area contributed by atoms with Crippen molar-refractivity contribution in [3.05, 3.63) is 46.1 Å². The number of aromatic nitrogens is 4. The highest BCUT2D eigenvalue weighted by atomic mass is 127. The topological polar surface area (TPSA) is 140 Å². The molecular weight excluding hydrogens is 491 g/mol. The number of anilines is 1. The number of ether oxygens (including phenoxy) is 1. The van der Waals surface area contributed by atoms with Crippen LogP contribution in [0.1, 0.15) is 11.8 Å². The third-order valence-corrected chi connectivity index (χ3v) is 5.50. The van der Waals surface area contributed by atoms with Crippen molar-refractivity contribution in [2.24, 2.45) is 0 Å². The highest BCUT2D eigenvalue weighted by molar-refractivity contribution is 14.1. The van der Waals surface area contributed by atoms with E-state index in [2.05, 4.69) is 37.5 Å². The number of nitrogens with zero attached hydrogens (tertiary/aromatic N) is 5. The molecule has 152 valence electrons. The summed E-state index contributed by atoms with van der Waals surface area (Å²) in [7, 11) is 1.62. The second-order valence-electron chi connectivity index (χ2n) is 6.84. The molecule has 11 heteroatoms. The Labute approximate surface area is 179 Å². The van der Waals surface area contributed by atoms with Gasteiger partial charge in [0.15, 0.2) is 23.8 Å². The standard InChI is InChI=1S/C18H19IN6O4/c1-24(6-9-3-2-4-10(19)5-9)17(28)14-12(26)13(27)18(29-14)25-8-23-11-15(20)21-7-22-16(11)25/h2-5,7-8,12-14,18,26-27H,6H2,1H3,(H2,20,21,22)/t12-,13+,14-,18+/m0/s1. The van der Waals surface area contributed by atoms with Gasteiger partial charge in [0, 0.05) is 17.2 Å². The quantitative estimate of drug-likeness (QED) is 0.426. The van der Waals surface area contributed by atoms with E-state index in [1.807, 2.05) is 24.3 Å². The molecule has 4 N–H and O–H groups in total. The van der Waals surface area contributed by atoms with Crippen LogP contribution in [-0.2, 0) is 16.1 Å². The van der Waals surface area contributed by atoms with Gasteiger partial charge >= 0.3 is 0 Å². The first-order chi connectivity index (χ1) is 13.9. The van der Waals surface area contributed by atoms with Crippen molar-refractivity contribution in [1.82, 2.24) is 24.4 Å². The molecule has 0 spiro atoms. The zero-order chi connectivity index (χ0) is 20.7. The maximum atomic E-state index is 12.9. The predicted molar refractivity (Wildman–Crippen MR) is 111 cm³/mol. The van der Waals surface area contributed by atoms with E-state index in [0.29, 0.717) is 17.7 Å². The molecule has 1 aromatic carbocycles. The van der Waals surface area contributed by atoms with E-state index < -0.39 is 30.4 Å². The predicted octanol–water partition coefficient (Wildman–Crippen LogP) is 0.291. The van der Waals surface area contributed by atoms with Crippen LogP contribution in [0.4, 0.5) is 5.82 Å². The average Bonchev–Trinajstić information content (AvgIpc) is 3.24. The number of halogens is 1. The number of fused-ring (bicyclic) bond motifs is 1. The summed E-state index contributed by atoms with van der Waals surface area (Å²) in [5.41, 5.74) is 7.43. The van der Waals surface area contributed by atoms with E-state index in [4.69, 9.17) is 10.5 Å². The summed E-state index contributed by atoms with van der Waals surface area (Å²) in [6.07, 6.45) is -2.35. The fourth-order valence-electron chi connectivity index (χ4n) is 3.35. The minimum atomic E-state index is -1.40. The smallest absolute Gasteiger partial charge is 0.254 e. The highest BCUT2D eigenvalue weighted by Gasteiger charge is 2.48. The molecule has 1 aliphatic heterocycles. The number of hydrogen-bond acceptors (Lipinski definition) is 8. The van der Waals surface area contributed by atoms with Crippen molar-refractivity contribution in [2.45, 2.75) is 31.1 Å². The minimum absolute atomic E-state index is 0.187. The van der Waals surface area contributed by atoms with Crippen LogP contribution in [-0.4, -0.2) is 65.9 Å². The first-order valence-electron chi connectivity index (χ1n) is 8.81. The number of likely N-dealkylation sites (N-methyl/N-ethyl adjacent to an activating group) is 1. The zero-order valence-corrected chi connectivity index (χ0v) is 17.5. The van der Waals surface area contributed by atoms with Gasteiger partial charge in [0.1, 0.15) is 24.1 Å². The monoisotopic (exact) mass is 510 g/mol. The fourth-order valence-corrected chi connectivity index (χ4v) is 3.96. The lowest BCUT2D eigenvalue weighted by atomic mass is 10.1. The Morgan fingerprint density at radius 3 is 2.86 bits per heavy atom. The number of benzene rings is 1. The van der Waals surface area contributed by atoms with Crippen LogP contribution in [0, 0.1) is 3.57 Å². The van der Waals surface area contributed by atoms with E-state index in [9.17, 15) is 15.0 Å². The van der Waals surface area contributed by atoms with Gasteiger partial charge in [0.25, 0.3) is 5.91 Å². The van der Waals surface area contributed by atoms with Crippen molar-refractivity contribution >= 4 is 45.5 Å². The minimum Gasteiger partial charge on any atom is -0.387 e. The number of nitrogen functional groups attached to an aromatic ring is 1. The molecule has 0 bridgehead atoms. The Balaban J connectivity index is 1.54. The van der Waals surface area contributed by atoms with Gasteiger partial charge in [-0.15, -0.1) is 0 Å². The lowest BCUT2D eigenvalue weighted by Crippen LogP contribution is -2.43. The fraction of sp³-hybridized carbons (Fsp3) is 0.333. The first-order valence-corrected chi connectivity index (χ1v) is 9.88. The highest BCUT2D eigenvalue weighted by Crippen LogP contribution is 2.32. The third-order valence-electron chi connectivity index (χ3n) is 4.83. The Morgan fingerprint density at radius 2 is 2.10 bits per heavy atom. The summed E-state index contributed by atoms with van der Waals surface area (Å²) in [6, 6.07) is 7.75. The third kappa shape index (κ3) is 3.66. The molecule has 1 amide bonds. The summed E-state index contributed by atoms with van der Waals surface area (Å²) in [6.45, 7) is 0.348. The van der Waals surface area contributed by atoms with Crippen molar-refractivity contribution in [3.63, 3.8) is 0 Å². The molecule has 1 fully saturated rings. The van der Waals surface area contributed by atoms with Crippen molar-refractivity contribution < 1.29 is 19.7 Å². The van der Waals surface area contributed by atoms with Gasteiger partial charge in [-0.05, 0) is 40.3 Å². The van der Waals surface area contributed by atoms with Crippen LogP contribution in [0.3, 0.4) is 0 Å². The van der Waals surface area contributed by atoms with Gasteiger partial charge in [0.2, 0.25) is 0 Å². The van der Waals surface area contributed by atoms with Crippen molar-refractivity contribution in [3.8, 4) is 0 Å². The Morgan fingerprint density at radius 1 is 1.31 bits per heavy atom. The summed E-state index contributed by atoms with van der Waals surface area (Å²) >= 11 is 2.20. The number of carbonyl (C=O) groups excluding carboxylic acids is 1. The number of aliphatic hydroxyl groups is 2. The van der Waals surface area contributed by atoms with E-state index in [1.54, 1.807) is 7.05 Å². The van der Waals surface area contributed by atoms with Crippen LogP contribution in [0.15, 0.2) is 36.9 Å². The summed E-state index contributed by atoms with van der Waals surface area (Å²) in [5.74, 6) is -0.247. The Bertz CT molecular complexity index is 1060. The molecule has 3 heterocycles. The van der Waals surface area contributed by atoms with E-state index in [1.165, 1.54) is 22.1 Å². The average molecular weight is 510 g/mol. The van der Waals surface area contributed by atoms with Crippen LogP contribution in [0.2, 0.25) is 0 Å². The normalized spacial score (nSPS) is 24.1. The van der Waals surface area contributed by atoms with Crippen LogP contribution >= 0.6 is 22.6 Å². The van der Waals surface area contributed by atoms with Crippen LogP contribution in [0.5, 0.6) is 0 Å². The number of aliphatic hydroxyl groups excluding tert-OH is 2. The summed E-state index contributed by atoms with van der Waals surface area (Å²) < 4.78 is 8.25. The lowest BCUT2D eigenvalue weighted by molar-refractivity contribution is -0.147. The maximum absolute atomic E-state index is 12.9. The van der Waals surface area contributed by atoms with Gasteiger partial charge in [-0.2, -0.15) is 0 Å². The summed E-state index contributed by atoms with van der Waals surface area (Å²) in [4.78, 5) is 26.5. The Hall–Kier alpha value is -2.35. The van der Waals surface area contributed by atoms with Gasteiger partial charge in [-0.25, -0.2) is 15.0 Å². The number of imidazole rings is 1. The first kappa shape index (κ1) is 19.9. The molecule has 10 nitrogen and oxygen atoms in total. The number of carbonyl (C=O) groups is 1. The molecule has 4 atom stereocenters. The van der Waals surface area contributed by atoms with Gasteiger partial charge in [0.05, 0.1) is 6.33 Å². The molecule has 1 aliphatic rings. The number of amides is 1. The molecule has 0 aliphatic carbocycles. The summed E-state index contributed by atoms with van der Waals surface area (Å²) in [5, 5.41) is 21.0. The SMILES string of the molecule is CN(Cc1cccc(I)c1)C(=O)[C@H]1O[C@@H](n2cnc3c(N)ncnc32)[C@H](O)[C@@H]1O. The largest absolute Gasteiger partial charge is 0.387 e. The van der Waals surface area contributed by atoms with Gasteiger partial charge in [-0.1, -0.05) is 12.1 Å². The van der Waals surface area contributed by atoms with Gasteiger partial charge < -0.3 is 25.6 Å². The molecule has 4 rings (SSSR count). The lowest BCUT2D eigenvalue weighted by Gasteiger charge is -2.22. The van der Waals surface area contributed by atoms with E-state index in [-0.39, 0.29) is 5.82 Å². The second kappa shape index (κ2) is 7.82. The number of rotatable bonds is 4. The zero-order valence-electron chi connectivity index (χ0n) is 15.4. The molecule has 2 aromatic heterocycles. The number of nitrogens with two attached hydrogens (primary N) is 1. The molecule has 0 radical (unpaired) electrons. The van der Waals surface area contributed by atoms with E-state index >= 15 is 0 Å². The van der Waals surface area contributed by atoms with Crippen LogP contribution < -0.4 is 5.73 Å². The molecule has 0 unspecified atom stereocenters. The van der Waals surface area contributed by atoms with Crippen molar-refractivity contribution in [1.29, 1.82) is 0 Å². The van der Waals surface area contributed by atoms with E-state index in [0.717, 1.165) is 9.13 Å². The molecule has 1 saturated heterocycles. The molecule has 3 aromatic rings. The molecule has 0 saturated carbocycles. The van der Waals surface area contributed by atoms with Crippen molar-refractivity contribution in [2.75, 3.05) is 12.8 Å².